The van der Waals surface area contributed by atoms with Crippen molar-refractivity contribution in [1.29, 1.82) is 0 Å². The summed E-state index contributed by atoms with van der Waals surface area (Å²) in [5, 5.41) is 3.14. The Morgan fingerprint density at radius 1 is 1.10 bits per heavy atom. The Morgan fingerprint density at radius 2 is 1.86 bits per heavy atom. The summed E-state index contributed by atoms with van der Waals surface area (Å²) in [6.07, 6.45) is 4.16. The van der Waals surface area contributed by atoms with E-state index in [1.54, 1.807) is 0 Å². The van der Waals surface area contributed by atoms with Gasteiger partial charge < -0.3 is 15.0 Å². The smallest absolute Gasteiger partial charge is 0.236 e. The number of piperidine rings is 1. The summed E-state index contributed by atoms with van der Waals surface area (Å²) in [5.74, 6) is 0.657. The molecule has 1 N–H and O–H groups in total. The average Bonchev–Trinajstić information content (AvgIpc) is 3.33. The van der Waals surface area contributed by atoms with Crippen LogP contribution in [0.25, 0.3) is 0 Å². The van der Waals surface area contributed by atoms with Gasteiger partial charge in [-0.15, -0.1) is 0 Å². The van der Waals surface area contributed by atoms with Crippen LogP contribution in [0.3, 0.4) is 0 Å². The zero-order chi connectivity index (χ0) is 14.7. The lowest BCUT2D eigenvalue weighted by Crippen LogP contribution is -2.52. The van der Waals surface area contributed by atoms with E-state index in [1.807, 2.05) is 4.90 Å². The third-order valence-corrected chi connectivity index (χ3v) is 4.52. The number of carbonyl (C=O) groups excluding carboxylic acids is 2. The Bertz CT molecular complexity index is 392. The second kappa shape index (κ2) is 6.75. The van der Waals surface area contributed by atoms with Crippen LogP contribution in [0.15, 0.2) is 0 Å². The summed E-state index contributed by atoms with van der Waals surface area (Å²) >= 11 is 0. The number of ether oxygens (including phenoxy) is 1. The molecule has 3 rings (SSSR count). The van der Waals surface area contributed by atoms with Crippen molar-refractivity contribution in [1.82, 2.24) is 15.1 Å². The Hall–Kier alpha value is -1.14. The Kier molecular flexibility index (Phi) is 4.75. The van der Waals surface area contributed by atoms with Gasteiger partial charge in [-0.05, 0) is 32.2 Å². The van der Waals surface area contributed by atoms with Gasteiger partial charge in [-0.3, -0.25) is 14.5 Å². The summed E-state index contributed by atoms with van der Waals surface area (Å²) < 4.78 is 5.27. The molecule has 1 aliphatic carbocycles. The lowest BCUT2D eigenvalue weighted by atomic mass is 10.1. The first kappa shape index (κ1) is 14.8. The summed E-state index contributed by atoms with van der Waals surface area (Å²) in [4.78, 5) is 28.2. The van der Waals surface area contributed by atoms with Gasteiger partial charge in [0.25, 0.3) is 0 Å². The van der Waals surface area contributed by atoms with Crippen LogP contribution in [0, 0.1) is 5.92 Å². The van der Waals surface area contributed by atoms with Crippen LogP contribution in [0.4, 0.5) is 0 Å². The minimum absolute atomic E-state index is 0.187. The fraction of sp³-hybridized carbons (Fsp3) is 0.867. The molecule has 3 fully saturated rings. The maximum absolute atomic E-state index is 12.3. The quantitative estimate of drug-likeness (QED) is 0.782. The van der Waals surface area contributed by atoms with E-state index in [4.69, 9.17) is 4.74 Å². The van der Waals surface area contributed by atoms with Gasteiger partial charge in [0, 0.05) is 31.6 Å². The first-order valence-corrected chi connectivity index (χ1v) is 8.10. The van der Waals surface area contributed by atoms with E-state index in [2.05, 4.69) is 10.2 Å². The molecule has 0 bridgehead atoms. The number of morpholine rings is 1. The van der Waals surface area contributed by atoms with Crippen molar-refractivity contribution in [3.63, 3.8) is 0 Å². The minimum Gasteiger partial charge on any atom is -0.378 e. The predicted molar refractivity (Wildman–Crippen MR) is 77.7 cm³/mol. The maximum Gasteiger partial charge on any atom is 0.236 e. The number of amides is 2. The van der Waals surface area contributed by atoms with Crippen LogP contribution < -0.4 is 5.32 Å². The fourth-order valence-electron chi connectivity index (χ4n) is 3.09. The summed E-state index contributed by atoms with van der Waals surface area (Å²) in [7, 11) is 0. The molecule has 3 aliphatic rings. The fourth-order valence-corrected chi connectivity index (χ4v) is 3.09. The molecule has 0 aromatic rings. The summed E-state index contributed by atoms with van der Waals surface area (Å²) in [6.45, 7) is 4.91. The number of nitrogens with one attached hydrogen (secondary N) is 1. The number of nitrogens with zero attached hydrogens (tertiary/aromatic N) is 2. The molecular formula is C15H25N3O3. The van der Waals surface area contributed by atoms with Crippen molar-refractivity contribution in [2.24, 2.45) is 5.92 Å². The van der Waals surface area contributed by atoms with E-state index >= 15 is 0 Å². The Labute approximate surface area is 125 Å². The monoisotopic (exact) mass is 295 g/mol. The largest absolute Gasteiger partial charge is 0.378 e. The van der Waals surface area contributed by atoms with E-state index in [-0.39, 0.29) is 23.8 Å². The van der Waals surface area contributed by atoms with Crippen molar-refractivity contribution < 1.29 is 14.3 Å². The zero-order valence-electron chi connectivity index (χ0n) is 12.6. The highest BCUT2D eigenvalue weighted by Crippen LogP contribution is 2.29. The molecule has 2 amide bonds. The zero-order valence-corrected chi connectivity index (χ0v) is 12.6. The number of hydrogen-bond acceptors (Lipinski definition) is 4. The third kappa shape index (κ3) is 4.17. The molecule has 1 saturated carbocycles. The number of hydrogen-bond donors (Lipinski definition) is 1. The molecule has 2 saturated heterocycles. The molecule has 6 heteroatoms. The molecule has 21 heavy (non-hydrogen) atoms. The lowest BCUT2D eigenvalue weighted by Gasteiger charge is -2.35. The molecule has 0 radical (unpaired) electrons. The highest BCUT2D eigenvalue weighted by molar-refractivity contribution is 5.81. The maximum atomic E-state index is 12.3. The van der Waals surface area contributed by atoms with Crippen molar-refractivity contribution >= 4 is 11.8 Å². The second-order valence-electron chi connectivity index (χ2n) is 6.35. The van der Waals surface area contributed by atoms with Gasteiger partial charge in [0.2, 0.25) is 11.8 Å². The van der Waals surface area contributed by atoms with Crippen LogP contribution >= 0.6 is 0 Å². The van der Waals surface area contributed by atoms with E-state index in [0.29, 0.717) is 32.8 Å². The molecule has 6 nitrogen and oxygen atoms in total. The first-order chi connectivity index (χ1) is 10.2. The molecule has 1 unspecified atom stereocenters. The van der Waals surface area contributed by atoms with E-state index in [0.717, 1.165) is 38.8 Å². The Morgan fingerprint density at radius 3 is 2.57 bits per heavy atom. The van der Waals surface area contributed by atoms with Crippen LogP contribution in [-0.4, -0.2) is 73.6 Å². The molecule has 2 heterocycles. The van der Waals surface area contributed by atoms with E-state index < -0.39 is 0 Å². The predicted octanol–water partition coefficient (Wildman–Crippen LogP) is -0.164. The van der Waals surface area contributed by atoms with Crippen LogP contribution in [0.1, 0.15) is 25.7 Å². The number of rotatable bonds is 4. The highest BCUT2D eigenvalue weighted by Gasteiger charge is 2.32. The standard InChI is InChI=1S/C15H25N3O3/c19-14(18-6-8-21-9-7-18)11-17-5-1-2-13(10-17)16-15(20)12-3-4-12/h12-13H,1-11H2,(H,16,20). The van der Waals surface area contributed by atoms with Gasteiger partial charge in [0.1, 0.15) is 0 Å². The molecule has 0 spiro atoms. The van der Waals surface area contributed by atoms with Crippen molar-refractivity contribution in [3.05, 3.63) is 0 Å². The minimum atomic E-state index is 0.187. The van der Waals surface area contributed by atoms with Crippen LogP contribution in [-0.2, 0) is 14.3 Å². The van der Waals surface area contributed by atoms with Crippen molar-refractivity contribution in [2.45, 2.75) is 31.7 Å². The highest BCUT2D eigenvalue weighted by atomic mass is 16.5. The lowest BCUT2D eigenvalue weighted by molar-refractivity contribution is -0.136. The Balaban J connectivity index is 1.44. The van der Waals surface area contributed by atoms with Gasteiger partial charge in [0.05, 0.1) is 19.8 Å². The topological polar surface area (TPSA) is 61.9 Å². The molecule has 1 atom stereocenters. The third-order valence-electron chi connectivity index (χ3n) is 4.52. The van der Waals surface area contributed by atoms with Gasteiger partial charge in [-0.1, -0.05) is 0 Å². The first-order valence-electron chi connectivity index (χ1n) is 8.10. The average molecular weight is 295 g/mol. The molecule has 118 valence electrons. The van der Waals surface area contributed by atoms with Crippen molar-refractivity contribution in [2.75, 3.05) is 45.9 Å². The molecule has 0 aromatic carbocycles. The normalized spacial score (nSPS) is 27.4. The van der Waals surface area contributed by atoms with Crippen LogP contribution in [0.5, 0.6) is 0 Å². The van der Waals surface area contributed by atoms with Gasteiger partial charge in [-0.2, -0.15) is 0 Å². The van der Waals surface area contributed by atoms with Crippen molar-refractivity contribution in [3.8, 4) is 0 Å². The second-order valence-corrected chi connectivity index (χ2v) is 6.35. The van der Waals surface area contributed by atoms with Gasteiger partial charge in [-0.25, -0.2) is 0 Å². The molecule has 2 aliphatic heterocycles. The van der Waals surface area contributed by atoms with Crippen LogP contribution in [0.2, 0.25) is 0 Å². The number of carbonyl (C=O) groups is 2. The SMILES string of the molecule is O=C(NC1CCCN(CC(=O)N2CCOCC2)C1)C1CC1. The van der Waals surface area contributed by atoms with Gasteiger partial charge >= 0.3 is 0 Å². The number of likely N-dealkylation sites (tertiary alicyclic amines) is 1. The summed E-state index contributed by atoms with van der Waals surface area (Å²) in [6, 6.07) is 0.212. The molecular weight excluding hydrogens is 270 g/mol. The van der Waals surface area contributed by atoms with E-state index in [9.17, 15) is 9.59 Å². The summed E-state index contributed by atoms with van der Waals surface area (Å²) in [5.41, 5.74) is 0. The van der Waals surface area contributed by atoms with E-state index in [1.165, 1.54) is 0 Å². The van der Waals surface area contributed by atoms with Gasteiger partial charge in [0.15, 0.2) is 0 Å². The molecule has 0 aromatic heterocycles.